The summed E-state index contributed by atoms with van der Waals surface area (Å²) in [6, 6.07) is -1.32. The van der Waals surface area contributed by atoms with E-state index in [1.807, 2.05) is 0 Å². The molecule has 0 aliphatic carbocycles. The normalized spacial score (nSPS) is 42.7. The summed E-state index contributed by atoms with van der Waals surface area (Å²) < 4.78 is 30.0. The monoisotopic (exact) mass is 166 g/mol. The molecule has 0 bridgehead atoms. The van der Waals surface area contributed by atoms with E-state index in [9.17, 15) is 8.78 Å². The Bertz CT molecular complexity index is 155. The molecule has 64 valence electrons. The van der Waals surface area contributed by atoms with Gasteiger partial charge >= 0.3 is 0 Å². The highest BCUT2D eigenvalue weighted by molar-refractivity contribution is 6.12. The van der Waals surface area contributed by atoms with Crippen molar-refractivity contribution >= 4 is 7.85 Å². The van der Waals surface area contributed by atoms with E-state index >= 15 is 0 Å². The fourth-order valence-corrected chi connectivity index (χ4v) is 1.06. The molecule has 0 spiro atoms. The summed E-state index contributed by atoms with van der Waals surface area (Å²) in [5, 5.41) is 17.3. The number of aliphatic hydroxyl groups excluding tert-OH is 2. The van der Waals surface area contributed by atoms with Gasteiger partial charge in [-0.1, -0.05) is 0 Å². The summed E-state index contributed by atoms with van der Waals surface area (Å²) in [7, 11) is 1.17. The molecule has 0 aromatic heterocycles. The topological polar surface area (TPSA) is 49.7 Å². The molecule has 2 N–H and O–H groups in total. The number of hydrogen-bond donors (Lipinski definition) is 2. The van der Waals surface area contributed by atoms with Gasteiger partial charge in [-0.2, -0.15) is 0 Å². The first kappa shape index (κ1) is 8.90. The second kappa shape index (κ2) is 2.69. The molecular weight excluding hydrogens is 157 g/mol. The first-order chi connectivity index (χ1) is 5.00. The Hall–Kier alpha value is -0.195. The SMILES string of the molecule is B[C@@H]1O[C@H](CO)[C@H](O)C1(F)F. The average molecular weight is 166 g/mol. The van der Waals surface area contributed by atoms with Crippen LogP contribution in [0.5, 0.6) is 0 Å². The molecule has 0 saturated carbocycles. The van der Waals surface area contributed by atoms with Crippen LogP contribution in [0.3, 0.4) is 0 Å². The highest BCUT2D eigenvalue weighted by Gasteiger charge is 2.55. The average Bonchev–Trinajstić information content (AvgIpc) is 2.14. The van der Waals surface area contributed by atoms with Gasteiger partial charge in [-0.15, -0.1) is 0 Å². The molecule has 0 aromatic rings. The lowest BCUT2D eigenvalue weighted by Gasteiger charge is -2.16. The van der Waals surface area contributed by atoms with E-state index in [0.717, 1.165) is 0 Å². The van der Waals surface area contributed by atoms with Crippen molar-refractivity contribution in [2.24, 2.45) is 0 Å². The second-order valence-corrected chi connectivity index (χ2v) is 2.62. The molecule has 1 saturated heterocycles. The van der Waals surface area contributed by atoms with Crippen LogP contribution in [0.4, 0.5) is 8.78 Å². The zero-order valence-electron chi connectivity index (χ0n) is 6.00. The number of rotatable bonds is 1. The van der Waals surface area contributed by atoms with Crippen molar-refractivity contribution in [1.82, 2.24) is 0 Å². The summed E-state index contributed by atoms with van der Waals surface area (Å²) in [5.74, 6) is -3.24. The summed E-state index contributed by atoms with van der Waals surface area (Å²) in [4.78, 5) is 0. The van der Waals surface area contributed by atoms with Crippen LogP contribution in [0.2, 0.25) is 0 Å². The molecule has 1 aliphatic rings. The molecule has 11 heavy (non-hydrogen) atoms. The fraction of sp³-hybridized carbons (Fsp3) is 1.00. The minimum Gasteiger partial charge on any atom is -0.394 e. The molecule has 1 aliphatic heterocycles. The Morgan fingerprint density at radius 3 is 2.27 bits per heavy atom. The Morgan fingerprint density at radius 1 is 1.55 bits per heavy atom. The van der Waals surface area contributed by atoms with Gasteiger partial charge in [-0.05, 0) is 0 Å². The van der Waals surface area contributed by atoms with Gasteiger partial charge < -0.3 is 14.9 Å². The molecule has 1 fully saturated rings. The van der Waals surface area contributed by atoms with Gasteiger partial charge in [0.2, 0.25) is 0 Å². The number of hydrogen-bond acceptors (Lipinski definition) is 3. The van der Waals surface area contributed by atoms with E-state index in [1.54, 1.807) is 0 Å². The van der Waals surface area contributed by atoms with Crippen LogP contribution in [0.1, 0.15) is 0 Å². The molecular formula is C5H9BF2O3. The Labute approximate surface area is 63.4 Å². The first-order valence-corrected chi connectivity index (χ1v) is 3.32. The van der Waals surface area contributed by atoms with E-state index in [4.69, 9.17) is 10.2 Å². The Kier molecular flexibility index (Phi) is 2.18. The predicted octanol–water partition coefficient (Wildman–Crippen LogP) is -1.67. The maximum atomic E-state index is 12.7. The fourth-order valence-electron chi connectivity index (χ4n) is 1.06. The number of alkyl halides is 2. The van der Waals surface area contributed by atoms with Crippen LogP contribution in [-0.2, 0) is 4.74 Å². The minimum absolute atomic E-state index is 0.582. The minimum atomic E-state index is -3.24. The maximum absolute atomic E-state index is 12.7. The van der Waals surface area contributed by atoms with E-state index in [0.29, 0.717) is 0 Å². The van der Waals surface area contributed by atoms with Gasteiger partial charge in [-0.25, -0.2) is 8.78 Å². The zero-order chi connectivity index (χ0) is 8.65. The van der Waals surface area contributed by atoms with Crippen LogP contribution in [0.15, 0.2) is 0 Å². The molecule has 3 nitrogen and oxygen atoms in total. The standard InChI is InChI=1S/C5H9BF2O3/c6-4-5(7,8)3(10)2(1-9)11-4/h2-4,9-10H,1,6H2/t2-,3+,4-/m1/s1. The summed E-state index contributed by atoms with van der Waals surface area (Å²) in [6.45, 7) is -0.582. The van der Waals surface area contributed by atoms with Gasteiger partial charge in [0.05, 0.1) is 12.6 Å². The van der Waals surface area contributed by atoms with Crippen LogP contribution >= 0.6 is 0 Å². The second-order valence-electron chi connectivity index (χ2n) is 2.62. The summed E-state index contributed by atoms with van der Waals surface area (Å²) >= 11 is 0. The molecule has 0 radical (unpaired) electrons. The highest BCUT2D eigenvalue weighted by Crippen LogP contribution is 2.34. The number of halogens is 2. The van der Waals surface area contributed by atoms with Gasteiger partial charge in [0.15, 0.2) is 0 Å². The van der Waals surface area contributed by atoms with Crippen molar-refractivity contribution in [1.29, 1.82) is 0 Å². The molecule has 0 amide bonds. The van der Waals surface area contributed by atoms with Crippen molar-refractivity contribution in [3.05, 3.63) is 0 Å². The van der Waals surface area contributed by atoms with E-state index in [1.165, 1.54) is 7.85 Å². The smallest absolute Gasteiger partial charge is 0.293 e. The van der Waals surface area contributed by atoms with E-state index in [2.05, 4.69) is 4.74 Å². The maximum Gasteiger partial charge on any atom is 0.293 e. The van der Waals surface area contributed by atoms with Gasteiger partial charge in [0.25, 0.3) is 5.92 Å². The zero-order valence-corrected chi connectivity index (χ0v) is 6.00. The first-order valence-electron chi connectivity index (χ1n) is 3.32. The third-order valence-electron chi connectivity index (χ3n) is 1.85. The summed E-state index contributed by atoms with van der Waals surface area (Å²) in [5.41, 5.74) is 0. The van der Waals surface area contributed by atoms with Gasteiger partial charge in [0, 0.05) is 0 Å². The van der Waals surface area contributed by atoms with Crippen molar-refractivity contribution in [2.45, 2.75) is 24.1 Å². The van der Waals surface area contributed by atoms with Crippen molar-refractivity contribution in [3.8, 4) is 0 Å². The molecule has 1 heterocycles. The van der Waals surface area contributed by atoms with Crippen LogP contribution in [0, 0.1) is 0 Å². The van der Waals surface area contributed by atoms with Crippen LogP contribution < -0.4 is 0 Å². The van der Waals surface area contributed by atoms with E-state index in [-0.39, 0.29) is 0 Å². The van der Waals surface area contributed by atoms with Crippen molar-refractivity contribution in [2.75, 3.05) is 6.61 Å². The largest absolute Gasteiger partial charge is 0.394 e. The third-order valence-corrected chi connectivity index (χ3v) is 1.85. The number of aliphatic hydroxyl groups is 2. The van der Waals surface area contributed by atoms with Crippen molar-refractivity contribution < 1.29 is 23.7 Å². The van der Waals surface area contributed by atoms with Crippen LogP contribution in [-0.4, -0.2) is 48.8 Å². The quantitative estimate of drug-likeness (QED) is 0.458. The molecule has 0 aromatic carbocycles. The lowest BCUT2D eigenvalue weighted by Crippen LogP contribution is -2.40. The van der Waals surface area contributed by atoms with Gasteiger partial charge in [0.1, 0.15) is 20.1 Å². The highest BCUT2D eigenvalue weighted by atomic mass is 19.3. The predicted molar refractivity (Wildman–Crippen MR) is 35.2 cm³/mol. The van der Waals surface area contributed by atoms with Crippen molar-refractivity contribution in [3.63, 3.8) is 0 Å². The van der Waals surface area contributed by atoms with Gasteiger partial charge in [-0.3, -0.25) is 0 Å². The van der Waals surface area contributed by atoms with Crippen LogP contribution in [0.25, 0.3) is 0 Å². The summed E-state index contributed by atoms with van der Waals surface area (Å²) in [6.07, 6.45) is -3.04. The molecule has 1 rings (SSSR count). The molecule has 0 unspecified atom stereocenters. The molecule has 3 atom stereocenters. The third kappa shape index (κ3) is 1.26. The number of ether oxygens (including phenoxy) is 1. The lowest BCUT2D eigenvalue weighted by molar-refractivity contribution is -0.0917. The van der Waals surface area contributed by atoms with E-state index < -0.39 is 30.7 Å². The molecule has 6 heteroatoms. The lowest BCUT2D eigenvalue weighted by atomic mass is 9.92. The Morgan fingerprint density at radius 2 is 2.09 bits per heavy atom. The Balaban J connectivity index is 2.71.